The van der Waals surface area contributed by atoms with Crippen LogP contribution < -0.4 is 0 Å². The van der Waals surface area contributed by atoms with Crippen LogP contribution in [0.5, 0.6) is 0 Å². The molecule has 0 aromatic heterocycles. The van der Waals surface area contributed by atoms with Crippen molar-refractivity contribution in [2.75, 3.05) is 0 Å². The van der Waals surface area contributed by atoms with Gasteiger partial charge in [-0.15, -0.1) is 0 Å². The van der Waals surface area contributed by atoms with Crippen LogP contribution in [0.3, 0.4) is 0 Å². The maximum absolute atomic E-state index is 1.66. The molecule has 4 heavy (non-hydrogen) atoms. The highest BCUT2D eigenvalue weighted by molar-refractivity contribution is 7.75. The van der Waals surface area contributed by atoms with Gasteiger partial charge in [0, 0.05) is 0 Å². The molecular formula is H6Si4. The van der Waals surface area contributed by atoms with Crippen molar-refractivity contribution in [1.82, 2.24) is 0 Å². The maximum Gasteiger partial charge on any atom is -0.00277 e. The zero-order valence-electron chi connectivity index (χ0n) is 2.62. The molecule has 0 unspecified atom stereocenters. The molecule has 1 rings (SSSR count). The van der Waals surface area contributed by atoms with Crippen molar-refractivity contribution in [3.8, 4) is 0 Å². The molecule has 0 bridgehead atoms. The second-order valence-electron chi connectivity index (χ2n) is 1.10. The fourth-order valence-corrected chi connectivity index (χ4v) is 14.3. The quantitative estimate of drug-likeness (QED) is 0.295. The SMILES string of the molecule is [Si]1[SiH2][SiH2][SiH2]1. The van der Waals surface area contributed by atoms with Gasteiger partial charge >= 0.3 is 0 Å². The predicted molar refractivity (Wildman–Crippen MR) is 31.4 cm³/mol. The normalized spacial score (nSPS) is 42.0. The molecule has 0 atom stereocenters. The summed E-state index contributed by atoms with van der Waals surface area (Å²) >= 11 is 0. The second-order valence-corrected chi connectivity index (χ2v) is 29.8. The molecule has 1 fully saturated rings. The van der Waals surface area contributed by atoms with Crippen LogP contribution in [0, 0.1) is 0 Å². The van der Waals surface area contributed by atoms with Crippen molar-refractivity contribution in [3.05, 3.63) is 0 Å². The van der Waals surface area contributed by atoms with Gasteiger partial charge in [0.05, 0.1) is 0 Å². The third-order valence-electron chi connectivity index (χ3n) is 0.707. The number of rotatable bonds is 0. The van der Waals surface area contributed by atoms with E-state index in [4.69, 9.17) is 0 Å². The van der Waals surface area contributed by atoms with E-state index in [2.05, 4.69) is 0 Å². The maximum atomic E-state index is 1.66. The van der Waals surface area contributed by atoms with Gasteiger partial charge in [0.1, 0.15) is 0 Å². The van der Waals surface area contributed by atoms with E-state index in [9.17, 15) is 0 Å². The Morgan fingerprint density at radius 1 is 1.25 bits per heavy atom. The minimum atomic E-state index is 0.833. The summed E-state index contributed by atoms with van der Waals surface area (Å²) in [6.07, 6.45) is 0. The lowest BCUT2D eigenvalue weighted by Gasteiger charge is -2.01. The van der Waals surface area contributed by atoms with Crippen molar-refractivity contribution in [2.24, 2.45) is 0 Å². The highest BCUT2D eigenvalue weighted by atomic mass is 30.1. The summed E-state index contributed by atoms with van der Waals surface area (Å²) in [4.78, 5) is 0. The summed E-state index contributed by atoms with van der Waals surface area (Å²) in [5.41, 5.74) is 0. The van der Waals surface area contributed by atoms with Crippen LogP contribution in [-0.4, -0.2) is 34.2 Å². The van der Waals surface area contributed by atoms with Crippen LogP contribution in [0.15, 0.2) is 0 Å². The first-order valence-electron chi connectivity index (χ1n) is 1.71. The Hall–Kier alpha value is 0.868. The van der Waals surface area contributed by atoms with Crippen molar-refractivity contribution >= 4 is 34.2 Å². The Labute approximate surface area is 34.8 Å². The van der Waals surface area contributed by atoms with E-state index in [1.807, 2.05) is 0 Å². The summed E-state index contributed by atoms with van der Waals surface area (Å²) in [5.74, 6) is 0. The molecule has 0 N–H and O–H groups in total. The molecule has 0 aromatic rings. The Balaban J connectivity index is 2.00. The Kier molecular flexibility index (Phi) is 1.03. The van der Waals surface area contributed by atoms with Crippen molar-refractivity contribution in [2.45, 2.75) is 0 Å². The summed E-state index contributed by atoms with van der Waals surface area (Å²) < 4.78 is 0. The van der Waals surface area contributed by atoms with Crippen LogP contribution >= 0.6 is 0 Å². The standard InChI is InChI=1S/H6Si4/c1-2-4-3-1/h1-3H2. The van der Waals surface area contributed by atoms with Crippen LogP contribution in [0.2, 0.25) is 0 Å². The van der Waals surface area contributed by atoms with Gasteiger partial charge < -0.3 is 0 Å². The Morgan fingerprint density at radius 2 is 1.50 bits per heavy atom. The van der Waals surface area contributed by atoms with Crippen LogP contribution in [0.4, 0.5) is 0 Å². The van der Waals surface area contributed by atoms with Gasteiger partial charge in [-0.1, -0.05) is 0 Å². The van der Waals surface area contributed by atoms with Crippen LogP contribution in [0.25, 0.3) is 0 Å². The average Bonchev–Trinajstić information content (AvgIpc) is 0.722. The summed E-state index contributed by atoms with van der Waals surface area (Å²) in [7, 11) is 4.22. The Morgan fingerprint density at radius 3 is 1.50 bits per heavy atom. The molecule has 0 amide bonds. The van der Waals surface area contributed by atoms with E-state index >= 15 is 0 Å². The van der Waals surface area contributed by atoms with Gasteiger partial charge in [0.2, 0.25) is 0 Å². The molecule has 1 aliphatic rings. The molecule has 1 aliphatic heterocycles. The molecule has 0 spiro atoms. The summed E-state index contributed by atoms with van der Waals surface area (Å²) in [5, 5.41) is 0. The lowest BCUT2D eigenvalue weighted by Crippen LogP contribution is -2.38. The molecule has 2 radical (unpaired) electrons. The zero-order chi connectivity index (χ0) is 2.83. The van der Waals surface area contributed by atoms with Gasteiger partial charge in [-0.2, -0.15) is 0 Å². The van der Waals surface area contributed by atoms with Crippen molar-refractivity contribution in [1.29, 1.82) is 0 Å². The van der Waals surface area contributed by atoms with E-state index in [0.717, 1.165) is 25.7 Å². The lowest BCUT2D eigenvalue weighted by molar-refractivity contribution is 3.76. The predicted octanol–water partition coefficient (Wildman–Crippen LogP) is -3.13. The molecular weight excluding hydrogens is 112 g/mol. The molecule has 0 nitrogen and oxygen atoms in total. The van der Waals surface area contributed by atoms with E-state index in [1.54, 1.807) is 8.55 Å². The first-order valence-corrected chi connectivity index (χ1v) is 15.4. The smallest absolute Gasteiger partial charge is 0.00277 e. The molecule has 1 saturated heterocycles. The number of hydrogen-bond acceptors (Lipinski definition) is 0. The average molecular weight is 118 g/mol. The highest BCUT2D eigenvalue weighted by Gasteiger charge is 1.99. The summed E-state index contributed by atoms with van der Waals surface area (Å²) in [6.45, 7) is 0. The van der Waals surface area contributed by atoms with Crippen LogP contribution in [0.1, 0.15) is 0 Å². The fraction of sp³-hybridized carbons (Fsp3) is 0. The van der Waals surface area contributed by atoms with E-state index < -0.39 is 0 Å². The summed E-state index contributed by atoms with van der Waals surface area (Å²) in [6, 6.07) is 0. The van der Waals surface area contributed by atoms with Gasteiger partial charge in [-0.25, -0.2) is 0 Å². The first kappa shape index (κ1) is 3.07. The third-order valence-corrected chi connectivity index (χ3v) is 57.3. The highest BCUT2D eigenvalue weighted by Crippen LogP contribution is 1.62. The molecule has 0 aromatic carbocycles. The largest absolute Gasteiger partial charge is 0.00916 e. The fourth-order valence-electron chi connectivity index (χ4n) is 0.177. The van der Waals surface area contributed by atoms with E-state index in [0.29, 0.717) is 0 Å². The molecule has 4 heteroatoms. The molecule has 1 heterocycles. The van der Waals surface area contributed by atoms with Gasteiger partial charge in [-0.05, 0) is 34.2 Å². The third kappa shape index (κ3) is 0.422. The van der Waals surface area contributed by atoms with Crippen molar-refractivity contribution < 1.29 is 0 Å². The molecule has 0 saturated carbocycles. The lowest BCUT2D eigenvalue weighted by atomic mass is 26.1. The minimum absolute atomic E-state index is 0.833. The zero-order valence-corrected chi connectivity index (χ0v) is 7.86. The number of hydrogen-bond donors (Lipinski definition) is 0. The van der Waals surface area contributed by atoms with E-state index in [1.165, 1.54) is 0 Å². The van der Waals surface area contributed by atoms with Gasteiger partial charge in [0.15, 0.2) is 0 Å². The van der Waals surface area contributed by atoms with Crippen molar-refractivity contribution in [3.63, 3.8) is 0 Å². The minimum Gasteiger partial charge on any atom is -0.00916 e. The monoisotopic (exact) mass is 118 g/mol. The first-order chi connectivity index (χ1) is 2.00. The van der Waals surface area contributed by atoms with Gasteiger partial charge in [0.25, 0.3) is 0 Å². The molecule has 22 valence electrons. The molecule has 0 aliphatic carbocycles. The Bertz CT molecular complexity index is 8.00. The van der Waals surface area contributed by atoms with Crippen LogP contribution in [-0.2, 0) is 0 Å². The van der Waals surface area contributed by atoms with E-state index in [-0.39, 0.29) is 0 Å². The van der Waals surface area contributed by atoms with Gasteiger partial charge in [-0.3, -0.25) is 0 Å². The second kappa shape index (κ2) is 1.34. The topological polar surface area (TPSA) is 0 Å².